The zero-order valence-electron chi connectivity index (χ0n) is 19.4. The fraction of sp³-hybridized carbons (Fsp3) is 0.667. The highest BCUT2D eigenvalue weighted by Crippen LogP contribution is 2.60. The first kappa shape index (κ1) is 24.1. The molecule has 0 bridgehead atoms. The second-order valence-electron chi connectivity index (χ2n) is 9.89. The lowest BCUT2D eigenvalue weighted by Crippen LogP contribution is -2.64. The predicted molar refractivity (Wildman–Crippen MR) is 120 cm³/mol. The zero-order chi connectivity index (χ0) is 23.0. The van der Waals surface area contributed by atoms with Crippen molar-refractivity contribution in [3.05, 3.63) is 34.9 Å². The van der Waals surface area contributed by atoms with Crippen LogP contribution in [0.25, 0.3) is 0 Å². The Labute approximate surface area is 189 Å². The van der Waals surface area contributed by atoms with E-state index in [9.17, 15) is 14.6 Å². The van der Waals surface area contributed by atoms with Crippen molar-refractivity contribution in [1.29, 1.82) is 5.26 Å². The molecule has 0 aromatic heterocycles. The number of methoxy groups -OCH3 is 1. The van der Waals surface area contributed by atoms with Crippen LogP contribution in [0, 0.1) is 22.7 Å². The molecule has 7 heteroatoms. The summed E-state index contributed by atoms with van der Waals surface area (Å²) in [7, 11) is 1.73. The number of nitriles is 1. The van der Waals surface area contributed by atoms with Gasteiger partial charge in [0, 0.05) is 23.9 Å². The summed E-state index contributed by atoms with van der Waals surface area (Å²) in [6.45, 7) is 9.80. The third-order valence-electron chi connectivity index (χ3n) is 6.91. The minimum atomic E-state index is -1.52. The first-order valence-corrected chi connectivity index (χ1v) is 12.1. The molecular weight excluding hydrogens is 412 g/mol. The lowest BCUT2D eigenvalue weighted by atomic mass is 9.59. The molecule has 0 heterocycles. The molecule has 1 spiro atoms. The Morgan fingerprint density at radius 1 is 1.42 bits per heavy atom. The molecule has 170 valence electrons. The van der Waals surface area contributed by atoms with Gasteiger partial charge in [0.2, 0.25) is 0 Å². The molecule has 0 radical (unpaired) electrons. The van der Waals surface area contributed by atoms with Gasteiger partial charge in [0.25, 0.3) is 0 Å². The van der Waals surface area contributed by atoms with E-state index in [2.05, 4.69) is 17.7 Å². The van der Waals surface area contributed by atoms with Crippen molar-refractivity contribution in [3.8, 4) is 6.07 Å². The number of hydrogen-bond donors (Lipinski definition) is 1. The maximum atomic E-state index is 13.8. The molecule has 1 aromatic rings. The van der Waals surface area contributed by atoms with E-state index in [-0.39, 0.29) is 18.6 Å². The van der Waals surface area contributed by atoms with E-state index in [1.54, 1.807) is 26.2 Å². The molecule has 1 N–H and O–H groups in total. The summed E-state index contributed by atoms with van der Waals surface area (Å²) in [5, 5.41) is 9.54. The van der Waals surface area contributed by atoms with Crippen LogP contribution >= 0.6 is 0 Å². The summed E-state index contributed by atoms with van der Waals surface area (Å²) in [6.07, 6.45) is 3.07. The van der Waals surface area contributed by atoms with Gasteiger partial charge < -0.3 is 14.0 Å². The summed E-state index contributed by atoms with van der Waals surface area (Å²) in [5.41, 5.74) is 0.423. The lowest BCUT2D eigenvalue weighted by molar-refractivity contribution is -0.160. The maximum Gasteiger partial charge on any atom is 0.336 e. The number of nitrogens with zero attached hydrogens (tertiary/aromatic N) is 1. The number of fused-ring (bicyclic) bond motifs is 1. The van der Waals surface area contributed by atoms with Gasteiger partial charge in [0.05, 0.1) is 24.3 Å². The number of ether oxygens (including phenoxy) is 2. The Hall–Kier alpha value is -1.59. The zero-order valence-corrected chi connectivity index (χ0v) is 20.2. The van der Waals surface area contributed by atoms with Crippen LogP contribution in [-0.4, -0.2) is 35.1 Å². The topological polar surface area (TPSA) is 94.4 Å². The van der Waals surface area contributed by atoms with Crippen LogP contribution < -0.4 is 4.72 Å². The van der Waals surface area contributed by atoms with Crippen LogP contribution in [0.3, 0.4) is 0 Å². The standard InChI is InChI=1S/C24H34N2O4S/c1-7-30-21(27)24(26-31(28)22(3,4)5)19-12-17(15-25)8-9-18(19)14-23(24)11-10-20(29-6)16(2)13-23/h8-9,12,16,20,26H,7,10-11,13-14H2,1-6H3/t16-,20-,23-,24+,31?/m0/s1. The number of rotatable bonds is 5. The summed E-state index contributed by atoms with van der Waals surface area (Å²) in [6, 6.07) is 7.69. The number of esters is 1. The fourth-order valence-corrected chi connectivity index (χ4v) is 6.39. The minimum Gasteiger partial charge on any atom is -0.598 e. The average Bonchev–Trinajstić information content (AvgIpc) is 2.96. The van der Waals surface area contributed by atoms with Crippen molar-refractivity contribution in [2.24, 2.45) is 11.3 Å². The van der Waals surface area contributed by atoms with Crippen LogP contribution in [0.4, 0.5) is 0 Å². The summed E-state index contributed by atoms with van der Waals surface area (Å²) < 4.78 is 27.5. The van der Waals surface area contributed by atoms with Gasteiger partial charge in [0.15, 0.2) is 5.54 Å². The normalized spacial score (nSPS) is 31.2. The van der Waals surface area contributed by atoms with Gasteiger partial charge in [-0.3, -0.25) is 0 Å². The number of hydrogen-bond acceptors (Lipinski definition) is 6. The third kappa shape index (κ3) is 4.00. The highest BCUT2D eigenvalue weighted by molar-refractivity contribution is 7.90. The van der Waals surface area contributed by atoms with E-state index in [1.165, 1.54) is 0 Å². The lowest BCUT2D eigenvalue weighted by Gasteiger charge is -2.50. The van der Waals surface area contributed by atoms with Gasteiger partial charge in [-0.25, -0.2) is 4.79 Å². The third-order valence-corrected chi connectivity index (χ3v) is 8.51. The Morgan fingerprint density at radius 2 is 2.13 bits per heavy atom. The number of carbonyl (C=O) groups is 1. The highest BCUT2D eigenvalue weighted by atomic mass is 32.2. The molecule has 6 nitrogen and oxygen atoms in total. The first-order valence-electron chi connectivity index (χ1n) is 11.0. The van der Waals surface area contributed by atoms with Crippen molar-refractivity contribution < 1.29 is 18.8 Å². The molecule has 3 rings (SSSR count). The number of nitrogens with one attached hydrogen (secondary N) is 1. The smallest absolute Gasteiger partial charge is 0.336 e. The summed E-state index contributed by atoms with van der Waals surface area (Å²) in [4.78, 5) is 13.8. The van der Waals surface area contributed by atoms with Crippen molar-refractivity contribution >= 4 is 17.3 Å². The van der Waals surface area contributed by atoms with E-state index in [0.29, 0.717) is 12.0 Å². The predicted octanol–water partition coefficient (Wildman–Crippen LogP) is 3.75. The molecule has 31 heavy (non-hydrogen) atoms. The molecule has 0 aliphatic heterocycles. The monoisotopic (exact) mass is 446 g/mol. The second-order valence-corrected chi connectivity index (χ2v) is 11.9. The highest BCUT2D eigenvalue weighted by Gasteiger charge is 2.67. The maximum absolute atomic E-state index is 13.8. The van der Waals surface area contributed by atoms with E-state index in [4.69, 9.17) is 9.47 Å². The van der Waals surface area contributed by atoms with Crippen molar-refractivity contribution in [1.82, 2.24) is 4.72 Å². The van der Waals surface area contributed by atoms with Crippen LogP contribution in [-0.2, 0) is 37.6 Å². The molecule has 1 saturated carbocycles. The van der Waals surface area contributed by atoms with Crippen LogP contribution in [0.1, 0.15) is 70.6 Å². The summed E-state index contributed by atoms with van der Waals surface area (Å²) >= 11 is -1.52. The van der Waals surface area contributed by atoms with Gasteiger partial charge in [-0.15, -0.1) is 4.72 Å². The molecule has 2 aliphatic rings. The molecule has 1 unspecified atom stereocenters. The van der Waals surface area contributed by atoms with Gasteiger partial charge in [-0.1, -0.05) is 13.0 Å². The van der Waals surface area contributed by atoms with Crippen LogP contribution in [0.2, 0.25) is 0 Å². The van der Waals surface area contributed by atoms with E-state index in [1.807, 2.05) is 26.8 Å². The average molecular weight is 447 g/mol. The summed E-state index contributed by atoms with van der Waals surface area (Å²) in [5.74, 6) is -0.188. The molecular formula is C24H34N2O4S. The molecule has 1 fully saturated rings. The van der Waals surface area contributed by atoms with E-state index in [0.717, 1.165) is 30.4 Å². The number of carbonyl (C=O) groups excluding carboxylic acids is 1. The molecule has 0 amide bonds. The molecule has 0 saturated heterocycles. The largest absolute Gasteiger partial charge is 0.598 e. The van der Waals surface area contributed by atoms with Gasteiger partial charge in [-0.2, -0.15) is 5.26 Å². The minimum absolute atomic E-state index is 0.122. The van der Waals surface area contributed by atoms with Crippen LogP contribution in [0.15, 0.2) is 18.2 Å². The van der Waals surface area contributed by atoms with E-state index < -0.39 is 33.0 Å². The SMILES string of the molecule is CCOC(=O)[C@]1(N[S+]([O-])C(C)(C)C)c2cc(C#N)ccc2C[C@@]12CC[C@H](OC)[C@@H](C)C2. The van der Waals surface area contributed by atoms with Gasteiger partial charge in [-0.05, 0) is 82.6 Å². The molecule has 1 aromatic carbocycles. The van der Waals surface area contributed by atoms with Gasteiger partial charge >= 0.3 is 5.97 Å². The first-order chi connectivity index (χ1) is 14.5. The van der Waals surface area contributed by atoms with Crippen molar-refractivity contribution in [2.75, 3.05) is 13.7 Å². The Bertz CT molecular complexity index is 877. The Morgan fingerprint density at radius 3 is 2.68 bits per heavy atom. The second kappa shape index (κ2) is 8.74. The van der Waals surface area contributed by atoms with Crippen molar-refractivity contribution in [2.45, 2.75) is 76.7 Å². The molecule has 2 aliphatic carbocycles. The quantitative estimate of drug-likeness (QED) is 0.547. The van der Waals surface area contributed by atoms with Crippen molar-refractivity contribution in [3.63, 3.8) is 0 Å². The van der Waals surface area contributed by atoms with Gasteiger partial charge in [0.1, 0.15) is 4.75 Å². The Kier molecular flexibility index (Phi) is 6.79. The fourth-order valence-electron chi connectivity index (χ4n) is 5.40. The molecule has 5 atom stereocenters. The van der Waals surface area contributed by atoms with E-state index >= 15 is 0 Å². The number of benzene rings is 1. The van der Waals surface area contributed by atoms with Crippen LogP contribution in [0.5, 0.6) is 0 Å². The Balaban J connectivity index is 2.24.